The van der Waals surface area contributed by atoms with Crippen molar-refractivity contribution in [2.45, 2.75) is 6.10 Å². The number of methoxy groups -OCH3 is 2. The summed E-state index contributed by atoms with van der Waals surface area (Å²) in [7, 11) is 3.34. The summed E-state index contributed by atoms with van der Waals surface area (Å²) in [4.78, 5) is 0. The second-order valence-corrected chi connectivity index (χ2v) is 9.51. The Balaban J connectivity index is 1.91. The molecule has 0 saturated heterocycles. The molecule has 28 heavy (non-hydrogen) atoms. The zero-order valence-electron chi connectivity index (χ0n) is 15.5. The van der Waals surface area contributed by atoms with Gasteiger partial charge < -0.3 is 0 Å². The molecule has 1 heterocycles. The fraction of sp³-hybridized carbons (Fsp3) is 0.130. The van der Waals surface area contributed by atoms with Crippen LogP contribution in [0.5, 0.6) is 11.5 Å². The molecule has 1 atom stereocenters. The summed E-state index contributed by atoms with van der Waals surface area (Å²) in [5, 5.41) is 12.4. The van der Waals surface area contributed by atoms with Crippen molar-refractivity contribution in [1.29, 1.82) is 0 Å². The van der Waals surface area contributed by atoms with Crippen LogP contribution in [0.25, 0.3) is 19.6 Å². The van der Waals surface area contributed by atoms with Gasteiger partial charge in [0.2, 0.25) is 0 Å². The van der Waals surface area contributed by atoms with Crippen molar-refractivity contribution in [1.82, 2.24) is 0 Å². The van der Waals surface area contributed by atoms with Crippen molar-refractivity contribution in [3.63, 3.8) is 0 Å². The van der Waals surface area contributed by atoms with E-state index in [1.807, 2.05) is 42.5 Å². The van der Waals surface area contributed by atoms with Crippen molar-refractivity contribution < 1.29 is 14.6 Å². The molecule has 4 aromatic rings. The van der Waals surface area contributed by atoms with Crippen molar-refractivity contribution in [3.05, 3.63) is 82.3 Å². The van der Waals surface area contributed by atoms with E-state index in [0.717, 1.165) is 38.0 Å². The predicted octanol–water partition coefficient (Wildman–Crippen LogP) is 5.43. The van der Waals surface area contributed by atoms with E-state index in [9.17, 15) is 5.11 Å². The zero-order valence-corrected chi connectivity index (χ0v) is 18.8. The fourth-order valence-electron chi connectivity index (χ4n) is 3.26. The summed E-state index contributed by atoms with van der Waals surface area (Å²) in [5.41, 5.74) is 2.97. The van der Waals surface area contributed by atoms with E-state index in [4.69, 9.17) is 9.47 Å². The Labute approximate surface area is 178 Å². The van der Waals surface area contributed by atoms with E-state index in [1.54, 1.807) is 14.2 Å². The van der Waals surface area contributed by atoms with Gasteiger partial charge in [0.15, 0.2) is 0 Å². The van der Waals surface area contributed by atoms with Crippen LogP contribution in [-0.4, -0.2) is 33.8 Å². The van der Waals surface area contributed by atoms with Crippen molar-refractivity contribution in [2.75, 3.05) is 14.2 Å². The monoisotopic (exact) mass is 502 g/mol. The number of aliphatic hydroxyl groups excluding tert-OH is 1. The Morgan fingerprint density at radius 2 is 1.50 bits per heavy atom. The van der Waals surface area contributed by atoms with E-state index < -0.39 is 6.10 Å². The molecule has 3 aromatic carbocycles. The van der Waals surface area contributed by atoms with Gasteiger partial charge in [0.1, 0.15) is 0 Å². The molecule has 0 bridgehead atoms. The normalized spacial score (nSPS) is 12.1. The second-order valence-electron chi connectivity index (χ2n) is 6.39. The molecular weight excluding hydrogens is 483 g/mol. The molecule has 3 nitrogen and oxygen atoms in total. The summed E-state index contributed by atoms with van der Waals surface area (Å²) in [6.07, 6.45) is -0.693. The number of hydrogen-bond acceptors (Lipinski definition) is 3. The van der Waals surface area contributed by atoms with Crippen LogP contribution in [0.3, 0.4) is 0 Å². The molecule has 0 radical (unpaired) electrons. The molecule has 0 aliphatic carbocycles. The second kappa shape index (κ2) is 8.14. The quantitative estimate of drug-likeness (QED) is 0.371. The van der Waals surface area contributed by atoms with Gasteiger partial charge >= 0.3 is 179 Å². The predicted molar refractivity (Wildman–Crippen MR) is 118 cm³/mol. The summed E-state index contributed by atoms with van der Waals surface area (Å²) in [5.74, 6) is 1.66. The zero-order chi connectivity index (χ0) is 19.7. The molecule has 0 amide bonds. The van der Waals surface area contributed by atoms with Gasteiger partial charge in [-0.05, 0) is 0 Å². The minimum atomic E-state index is -0.693. The molecule has 0 aliphatic heterocycles. The van der Waals surface area contributed by atoms with Crippen LogP contribution in [0.1, 0.15) is 17.2 Å². The van der Waals surface area contributed by atoms with Gasteiger partial charge in [0, 0.05) is 0 Å². The Bertz CT molecular complexity index is 1100. The van der Waals surface area contributed by atoms with Crippen LogP contribution in [-0.2, 0) is 0 Å². The molecule has 4 rings (SSSR count). The number of fused-ring (bicyclic) bond motifs is 1. The maximum absolute atomic E-state index is 11.3. The van der Waals surface area contributed by atoms with Gasteiger partial charge in [0.25, 0.3) is 0 Å². The summed E-state index contributed by atoms with van der Waals surface area (Å²) in [6.45, 7) is 0. The maximum atomic E-state index is 11.3. The van der Waals surface area contributed by atoms with Crippen molar-refractivity contribution in [2.24, 2.45) is 0 Å². The number of aliphatic hydroxyl groups is 1. The summed E-state index contributed by atoms with van der Waals surface area (Å²) < 4.78 is 14.1. The van der Waals surface area contributed by atoms with Gasteiger partial charge in [-0.25, -0.2) is 0 Å². The van der Waals surface area contributed by atoms with E-state index in [0.29, 0.717) is 0 Å². The third-order valence-electron chi connectivity index (χ3n) is 4.75. The van der Waals surface area contributed by atoms with Gasteiger partial charge in [-0.15, -0.1) is 0 Å². The van der Waals surface area contributed by atoms with E-state index >= 15 is 0 Å². The van der Waals surface area contributed by atoms with Crippen molar-refractivity contribution >= 4 is 40.1 Å². The van der Waals surface area contributed by atoms with Gasteiger partial charge in [0.05, 0.1) is 0 Å². The molecule has 0 spiro atoms. The van der Waals surface area contributed by atoms with Gasteiger partial charge in [-0.2, -0.15) is 0 Å². The van der Waals surface area contributed by atoms with Gasteiger partial charge in [-0.3, -0.25) is 0 Å². The average molecular weight is 502 g/mol. The van der Waals surface area contributed by atoms with E-state index in [1.165, 1.54) is 8.70 Å². The molecule has 1 unspecified atom stereocenters. The molecule has 142 valence electrons. The number of ether oxygens (including phenoxy) is 2. The fourth-order valence-corrected chi connectivity index (χ4v) is 6.19. The van der Waals surface area contributed by atoms with Crippen LogP contribution in [0, 0.1) is 0 Å². The number of halogens is 1. The number of hydrogen-bond donors (Lipinski definition) is 1. The molecule has 5 heteroatoms. The molecule has 1 aromatic heterocycles. The SMILES string of the molecule is COc1ccc(-c2[se]c3cc(OC)ccc3c2C(O)c2ccc(Br)cc2)cc1. The Morgan fingerprint density at radius 1 is 0.857 bits per heavy atom. The first kappa shape index (κ1) is 19.3. The van der Waals surface area contributed by atoms with Crippen LogP contribution in [0.4, 0.5) is 0 Å². The van der Waals surface area contributed by atoms with Crippen LogP contribution >= 0.6 is 15.9 Å². The van der Waals surface area contributed by atoms with Crippen LogP contribution < -0.4 is 9.47 Å². The average Bonchev–Trinajstić information content (AvgIpc) is 3.12. The Kier molecular flexibility index (Phi) is 5.60. The first-order valence-corrected chi connectivity index (χ1v) is 11.3. The first-order valence-electron chi connectivity index (χ1n) is 8.79. The van der Waals surface area contributed by atoms with Crippen molar-refractivity contribution in [3.8, 4) is 21.5 Å². The number of rotatable bonds is 5. The third-order valence-corrected chi connectivity index (χ3v) is 7.83. The van der Waals surface area contributed by atoms with Crippen LogP contribution in [0.2, 0.25) is 0 Å². The third kappa shape index (κ3) is 3.63. The standard InChI is InChI=1S/C23H19BrO3Se/c1-26-17-9-5-15(6-10-17)23-21(22(25)14-3-7-16(24)8-4-14)19-12-11-18(27-2)13-20(19)28-23/h3-13,22,25H,1-2H3. The Hall–Kier alpha value is -2.04. The molecular formula is C23H19BrO3Se. The number of benzene rings is 3. The molecule has 0 fully saturated rings. The Morgan fingerprint density at radius 3 is 2.14 bits per heavy atom. The summed E-state index contributed by atoms with van der Waals surface area (Å²) >= 11 is 3.54. The molecule has 0 saturated carbocycles. The molecule has 0 aliphatic rings. The molecule has 1 N–H and O–H groups in total. The van der Waals surface area contributed by atoms with Crippen LogP contribution in [0.15, 0.2) is 71.2 Å². The summed E-state index contributed by atoms with van der Waals surface area (Å²) in [6, 6.07) is 22.0. The van der Waals surface area contributed by atoms with E-state index in [-0.39, 0.29) is 14.5 Å². The van der Waals surface area contributed by atoms with Gasteiger partial charge in [-0.1, -0.05) is 0 Å². The minimum absolute atomic E-state index is 0.0736. The topological polar surface area (TPSA) is 38.7 Å². The van der Waals surface area contributed by atoms with E-state index in [2.05, 4.69) is 40.2 Å². The first-order chi connectivity index (χ1) is 13.6.